The Balaban J connectivity index is 2.98. The highest BCUT2D eigenvalue weighted by Gasteiger charge is 2.17. The first kappa shape index (κ1) is 5.30. The van der Waals surface area contributed by atoms with Crippen LogP contribution in [0.3, 0.4) is 0 Å². The molecular weight excluding hydrogens is 128 g/mol. The number of nitrogens with zero attached hydrogens (tertiary/aromatic N) is 1. The van der Waals surface area contributed by atoms with Gasteiger partial charge in [-0.15, -0.1) is 8.42 Å². The van der Waals surface area contributed by atoms with Gasteiger partial charge in [-0.1, -0.05) is 0 Å². The molecule has 1 aliphatic rings. The van der Waals surface area contributed by atoms with E-state index >= 15 is 0 Å². The normalized spacial score (nSPS) is 22.5. The minimum Gasteiger partial charge on any atom is -0.231 e. The van der Waals surface area contributed by atoms with Gasteiger partial charge in [-0.2, -0.15) is 0 Å². The average molecular weight is 132 g/mol. The summed E-state index contributed by atoms with van der Waals surface area (Å²) in [5.41, 5.74) is 0. The molecule has 0 saturated carbocycles. The van der Waals surface area contributed by atoms with E-state index < -0.39 is 10.2 Å². The van der Waals surface area contributed by atoms with E-state index in [-0.39, 0.29) is 0 Å². The first-order chi connectivity index (χ1) is 3.71. The molecule has 0 fully saturated rings. The van der Waals surface area contributed by atoms with Crippen LogP contribution in [0.2, 0.25) is 0 Å². The van der Waals surface area contributed by atoms with Crippen LogP contribution in [0, 0.1) is 0 Å². The Morgan fingerprint density at radius 2 is 2.25 bits per heavy atom. The van der Waals surface area contributed by atoms with Crippen LogP contribution in [-0.2, 0) is 10.2 Å². The molecule has 0 spiro atoms. The van der Waals surface area contributed by atoms with Gasteiger partial charge in [0.25, 0.3) is 6.21 Å². The van der Waals surface area contributed by atoms with Gasteiger partial charge >= 0.3 is 10.2 Å². The Morgan fingerprint density at radius 1 is 1.50 bits per heavy atom. The molecule has 0 amide bonds. The number of hydrogen-bond donors (Lipinski definition) is 1. The van der Waals surface area contributed by atoms with Gasteiger partial charge in [0.2, 0.25) is 0 Å². The monoisotopic (exact) mass is 132 g/mol. The molecule has 1 aliphatic heterocycles. The van der Waals surface area contributed by atoms with Crippen molar-refractivity contribution in [2.75, 3.05) is 0 Å². The first-order valence-corrected chi connectivity index (χ1v) is 3.37. The molecule has 0 atom stereocenters. The summed E-state index contributed by atoms with van der Waals surface area (Å²) in [6, 6.07) is 0. The van der Waals surface area contributed by atoms with Crippen LogP contribution in [0.25, 0.3) is 0 Å². The van der Waals surface area contributed by atoms with E-state index in [1.54, 1.807) is 0 Å². The molecule has 43 valence electrons. The lowest BCUT2D eigenvalue weighted by atomic mass is 10.7. The van der Waals surface area contributed by atoms with E-state index in [0.29, 0.717) is 0 Å². The van der Waals surface area contributed by atoms with E-state index in [1.165, 1.54) is 18.5 Å². The zero-order valence-electron chi connectivity index (χ0n) is 3.90. The maximum Gasteiger partial charge on any atom is 0.527 e. The van der Waals surface area contributed by atoms with Gasteiger partial charge in [0.05, 0.1) is 0 Å². The second-order valence-electron chi connectivity index (χ2n) is 1.21. The van der Waals surface area contributed by atoms with Crippen molar-refractivity contribution >= 4 is 16.4 Å². The molecule has 1 heterocycles. The van der Waals surface area contributed by atoms with Gasteiger partial charge in [-0.3, -0.25) is 0 Å². The van der Waals surface area contributed by atoms with Gasteiger partial charge in [0.1, 0.15) is 0 Å². The Bertz CT molecular complexity index is 226. The smallest absolute Gasteiger partial charge is 0.231 e. The van der Waals surface area contributed by atoms with Crippen molar-refractivity contribution in [3.63, 3.8) is 0 Å². The number of nitrogens with one attached hydrogen (secondary N) is 1. The van der Waals surface area contributed by atoms with Crippen molar-refractivity contribution in [1.82, 2.24) is 9.12 Å². The molecular formula is C3H4N2O2S+. The predicted octanol–water partition coefficient (Wildman–Crippen LogP) is -1.25. The molecule has 8 heavy (non-hydrogen) atoms. The molecule has 0 unspecified atom stereocenters. The fraction of sp³-hybridized carbons (Fsp3) is 0. The van der Waals surface area contributed by atoms with Crippen molar-refractivity contribution in [2.24, 2.45) is 0 Å². The van der Waals surface area contributed by atoms with Gasteiger partial charge in [0, 0.05) is 12.3 Å². The fourth-order valence-corrected chi connectivity index (χ4v) is 0.856. The second-order valence-corrected chi connectivity index (χ2v) is 2.60. The number of rotatable bonds is 0. The van der Waals surface area contributed by atoms with Crippen molar-refractivity contribution in [2.45, 2.75) is 0 Å². The van der Waals surface area contributed by atoms with Gasteiger partial charge in [-0.25, -0.2) is 4.72 Å². The van der Waals surface area contributed by atoms with Crippen molar-refractivity contribution < 1.29 is 8.42 Å². The van der Waals surface area contributed by atoms with E-state index in [0.717, 1.165) is 0 Å². The Labute approximate surface area is 47.1 Å². The zero-order chi connectivity index (χ0) is 6.04. The molecule has 0 aliphatic carbocycles. The molecule has 0 bridgehead atoms. The van der Waals surface area contributed by atoms with E-state index in [1.807, 2.05) is 0 Å². The predicted molar refractivity (Wildman–Crippen MR) is 29.4 cm³/mol. The highest BCUT2D eigenvalue weighted by molar-refractivity contribution is 7.87. The fourth-order valence-electron chi connectivity index (χ4n) is 0.314. The molecule has 0 aromatic heterocycles. The summed E-state index contributed by atoms with van der Waals surface area (Å²) in [5.74, 6) is 0. The van der Waals surface area contributed by atoms with Crippen LogP contribution in [0.5, 0.6) is 0 Å². The summed E-state index contributed by atoms with van der Waals surface area (Å²) in [6.45, 7) is 0. The molecule has 4 nitrogen and oxygen atoms in total. The third-order valence-corrected chi connectivity index (χ3v) is 1.43. The van der Waals surface area contributed by atoms with Gasteiger partial charge < -0.3 is 0 Å². The van der Waals surface area contributed by atoms with Crippen molar-refractivity contribution in [1.29, 1.82) is 0 Å². The Kier molecular flexibility index (Phi) is 1.05. The first-order valence-electron chi connectivity index (χ1n) is 1.93. The number of allylic oxidation sites excluding steroid dienone is 1. The maximum absolute atomic E-state index is 10.3. The summed E-state index contributed by atoms with van der Waals surface area (Å²) < 4.78 is 25.7. The highest BCUT2D eigenvalue weighted by Crippen LogP contribution is 1.77. The Hall–Kier alpha value is -0.840. The van der Waals surface area contributed by atoms with E-state index in [2.05, 4.69) is 9.12 Å². The van der Waals surface area contributed by atoms with Crippen molar-refractivity contribution in [3.05, 3.63) is 12.3 Å². The van der Waals surface area contributed by atoms with Crippen LogP contribution in [0.15, 0.2) is 12.3 Å². The van der Waals surface area contributed by atoms with Gasteiger partial charge in [0.15, 0.2) is 4.40 Å². The van der Waals surface area contributed by atoms with Crippen LogP contribution in [0.4, 0.5) is 0 Å². The third-order valence-electron chi connectivity index (χ3n) is 0.599. The van der Waals surface area contributed by atoms with Crippen LogP contribution in [-0.4, -0.2) is 14.6 Å². The third kappa shape index (κ3) is 1.06. The summed E-state index contributed by atoms with van der Waals surface area (Å²) >= 11 is 0. The highest BCUT2D eigenvalue weighted by atomic mass is 32.2. The molecule has 1 N–H and O–H groups in total. The lowest BCUT2D eigenvalue weighted by Gasteiger charge is -1.85. The maximum atomic E-state index is 10.3. The molecule has 1 radical (unpaired) electrons. The van der Waals surface area contributed by atoms with E-state index in [9.17, 15) is 8.42 Å². The van der Waals surface area contributed by atoms with E-state index in [4.69, 9.17) is 0 Å². The zero-order valence-corrected chi connectivity index (χ0v) is 4.72. The standard InChI is InChI=1S/C3H4N2O2S/c6-8(7)4-2-1-3-5-8/h1-4H/q+1. The molecule has 0 aromatic carbocycles. The topological polar surface area (TPSA) is 60.3 Å². The molecule has 5 heteroatoms. The largest absolute Gasteiger partial charge is 0.527 e. The quantitative estimate of drug-likeness (QED) is 0.448. The summed E-state index contributed by atoms with van der Waals surface area (Å²) in [5, 5.41) is 0. The van der Waals surface area contributed by atoms with Crippen LogP contribution >= 0.6 is 0 Å². The van der Waals surface area contributed by atoms with Crippen molar-refractivity contribution in [3.8, 4) is 0 Å². The SMILES string of the molecule is O=S1(=O)[N+]=CC=CN1. The van der Waals surface area contributed by atoms with Crippen LogP contribution in [0.1, 0.15) is 0 Å². The molecule has 1 rings (SSSR count). The molecule has 0 aromatic rings. The Morgan fingerprint density at radius 3 is 2.50 bits per heavy atom. The number of hydrogen-bond acceptors (Lipinski definition) is 2. The minimum atomic E-state index is -3.35. The minimum absolute atomic E-state index is 1.21. The molecule has 0 saturated heterocycles. The van der Waals surface area contributed by atoms with Gasteiger partial charge in [-0.05, 0) is 0 Å². The summed E-state index contributed by atoms with van der Waals surface area (Å²) in [7, 11) is -3.35. The second kappa shape index (κ2) is 1.59. The lowest BCUT2D eigenvalue weighted by Crippen LogP contribution is -2.24. The van der Waals surface area contributed by atoms with Crippen LogP contribution < -0.4 is 9.12 Å². The average Bonchev–Trinajstić information content (AvgIpc) is 1.65. The lowest BCUT2D eigenvalue weighted by molar-refractivity contribution is 0.588. The summed E-state index contributed by atoms with van der Waals surface area (Å²) in [4.78, 5) is 0. The summed E-state index contributed by atoms with van der Waals surface area (Å²) in [6.07, 6.45) is 4.02.